The monoisotopic (exact) mass is 201 g/mol. The predicted molar refractivity (Wildman–Crippen MR) is 35.6 cm³/mol. The van der Waals surface area contributed by atoms with E-state index in [4.69, 9.17) is 11.6 Å². The Kier molecular flexibility index (Phi) is 2.43. The molecule has 0 radical (unpaired) electrons. The smallest absolute Gasteiger partial charge is 0.262 e. The van der Waals surface area contributed by atoms with Crippen molar-refractivity contribution in [2.45, 2.75) is 5.00 Å². The SMILES string of the molecule is O=[N+]([O-])C1(Cl)COS(=O)OC1. The summed E-state index contributed by atoms with van der Waals surface area (Å²) in [4.78, 5) is 7.68. The molecule has 0 N–H and O–H groups in total. The molecule has 0 unspecified atom stereocenters. The van der Waals surface area contributed by atoms with Crippen LogP contribution in [0.25, 0.3) is 0 Å². The molecule has 1 fully saturated rings. The molecule has 1 rings (SSSR count). The van der Waals surface area contributed by atoms with E-state index in [2.05, 4.69) is 8.37 Å². The van der Waals surface area contributed by atoms with Crippen LogP contribution in [-0.4, -0.2) is 27.3 Å². The van der Waals surface area contributed by atoms with E-state index in [-0.39, 0.29) is 0 Å². The number of hydrogen-bond acceptors (Lipinski definition) is 5. The maximum Gasteiger partial charge on any atom is 0.343 e. The zero-order valence-electron chi connectivity index (χ0n) is 5.19. The van der Waals surface area contributed by atoms with Crippen molar-refractivity contribution < 1.29 is 17.5 Å². The summed E-state index contributed by atoms with van der Waals surface area (Å²) in [6, 6.07) is 0. The fraction of sp³-hybridized carbons (Fsp3) is 1.00. The van der Waals surface area contributed by atoms with Gasteiger partial charge in [0.15, 0.2) is 13.2 Å². The van der Waals surface area contributed by atoms with Crippen LogP contribution in [0.2, 0.25) is 0 Å². The highest BCUT2D eigenvalue weighted by Crippen LogP contribution is 2.22. The first-order chi connectivity index (χ1) is 5.04. The third-order valence-electron chi connectivity index (χ3n) is 1.08. The molecule has 0 aromatic carbocycles. The molecule has 1 aliphatic rings. The van der Waals surface area contributed by atoms with Crippen LogP contribution in [0.5, 0.6) is 0 Å². The van der Waals surface area contributed by atoms with Crippen molar-refractivity contribution in [1.29, 1.82) is 0 Å². The Labute approximate surface area is 69.4 Å². The number of rotatable bonds is 1. The number of nitrogens with zero attached hydrogens (tertiary/aromatic N) is 1. The third kappa shape index (κ3) is 1.86. The minimum atomic E-state index is -1.89. The molecule has 64 valence electrons. The molecular formula is C3H4ClNO5S. The average Bonchev–Trinajstić information content (AvgIpc) is 1.95. The number of halogens is 1. The molecule has 8 heteroatoms. The van der Waals surface area contributed by atoms with Crippen molar-refractivity contribution in [3.8, 4) is 0 Å². The highest BCUT2D eigenvalue weighted by Gasteiger charge is 2.46. The zero-order valence-corrected chi connectivity index (χ0v) is 6.76. The van der Waals surface area contributed by atoms with Crippen LogP contribution in [0.1, 0.15) is 0 Å². The van der Waals surface area contributed by atoms with Crippen LogP contribution in [0, 0.1) is 10.1 Å². The van der Waals surface area contributed by atoms with Crippen LogP contribution < -0.4 is 0 Å². The molecule has 0 bridgehead atoms. The van der Waals surface area contributed by atoms with Gasteiger partial charge < -0.3 is 0 Å². The molecule has 0 spiro atoms. The molecule has 0 aliphatic carbocycles. The second kappa shape index (κ2) is 3.02. The van der Waals surface area contributed by atoms with Gasteiger partial charge >= 0.3 is 16.4 Å². The Balaban J connectivity index is 2.62. The Hall–Kier alpha value is -0.240. The van der Waals surface area contributed by atoms with Gasteiger partial charge in [0.2, 0.25) is 0 Å². The molecule has 0 saturated carbocycles. The second-order valence-corrected chi connectivity index (χ2v) is 3.49. The van der Waals surface area contributed by atoms with Gasteiger partial charge in [-0.15, -0.1) is 0 Å². The lowest BCUT2D eigenvalue weighted by molar-refractivity contribution is -0.548. The molecule has 11 heavy (non-hydrogen) atoms. The average molecular weight is 202 g/mol. The summed E-state index contributed by atoms with van der Waals surface area (Å²) in [5.74, 6) is 0. The predicted octanol–water partition coefficient (Wildman–Crippen LogP) is -0.176. The van der Waals surface area contributed by atoms with Gasteiger partial charge in [0.05, 0.1) is 0 Å². The molecule has 0 atom stereocenters. The lowest BCUT2D eigenvalue weighted by atomic mass is 10.3. The molecule has 1 aliphatic heterocycles. The Morgan fingerprint density at radius 3 is 2.36 bits per heavy atom. The van der Waals surface area contributed by atoms with E-state index in [9.17, 15) is 14.3 Å². The van der Waals surface area contributed by atoms with Crippen molar-refractivity contribution in [2.24, 2.45) is 0 Å². The van der Waals surface area contributed by atoms with E-state index in [1.165, 1.54) is 0 Å². The summed E-state index contributed by atoms with van der Waals surface area (Å²) in [5, 5.41) is 10.2. The molecular weight excluding hydrogens is 198 g/mol. The van der Waals surface area contributed by atoms with Gasteiger partial charge in [0.1, 0.15) is 0 Å². The van der Waals surface area contributed by atoms with Gasteiger partial charge in [0.25, 0.3) is 0 Å². The molecule has 6 nitrogen and oxygen atoms in total. The van der Waals surface area contributed by atoms with Crippen molar-refractivity contribution in [1.82, 2.24) is 0 Å². The number of hydrogen-bond donors (Lipinski definition) is 0. The van der Waals surface area contributed by atoms with E-state index < -0.39 is 34.5 Å². The lowest BCUT2D eigenvalue weighted by Gasteiger charge is -2.20. The molecule has 1 saturated heterocycles. The summed E-state index contributed by atoms with van der Waals surface area (Å²) >= 11 is 3.50. The van der Waals surface area contributed by atoms with Crippen molar-refractivity contribution >= 4 is 23.0 Å². The Morgan fingerprint density at radius 1 is 1.55 bits per heavy atom. The van der Waals surface area contributed by atoms with E-state index in [0.717, 1.165) is 0 Å². The normalized spacial score (nSPS) is 38.5. The van der Waals surface area contributed by atoms with Gasteiger partial charge in [-0.1, -0.05) is 0 Å². The van der Waals surface area contributed by atoms with Crippen LogP contribution in [0.3, 0.4) is 0 Å². The van der Waals surface area contributed by atoms with Gasteiger partial charge in [-0.05, 0) is 11.6 Å². The molecule has 0 aromatic heterocycles. The second-order valence-electron chi connectivity index (χ2n) is 1.90. The topological polar surface area (TPSA) is 78.7 Å². The number of nitro groups is 1. The lowest BCUT2D eigenvalue weighted by Crippen LogP contribution is -2.45. The third-order valence-corrected chi connectivity index (χ3v) is 2.06. The fourth-order valence-electron chi connectivity index (χ4n) is 0.458. The van der Waals surface area contributed by atoms with E-state index in [0.29, 0.717) is 0 Å². The van der Waals surface area contributed by atoms with Gasteiger partial charge in [-0.2, -0.15) is 4.21 Å². The van der Waals surface area contributed by atoms with Crippen molar-refractivity contribution in [2.75, 3.05) is 13.2 Å². The summed E-state index contributed by atoms with van der Waals surface area (Å²) < 4.78 is 19.0. The van der Waals surface area contributed by atoms with Crippen molar-refractivity contribution in [3.63, 3.8) is 0 Å². The minimum absolute atomic E-state index is 0.409. The Morgan fingerprint density at radius 2 is 2.00 bits per heavy atom. The first-order valence-corrected chi connectivity index (χ1v) is 3.94. The first kappa shape index (κ1) is 8.85. The summed E-state index contributed by atoms with van der Waals surface area (Å²) in [6.45, 7) is -0.817. The maximum absolute atomic E-state index is 10.4. The van der Waals surface area contributed by atoms with Crippen LogP contribution in [0.4, 0.5) is 0 Å². The Bertz CT molecular complexity index is 198. The molecule has 0 aromatic rings. The zero-order chi connectivity index (χ0) is 8.48. The number of alkyl halides is 1. The largest absolute Gasteiger partial charge is 0.343 e. The van der Waals surface area contributed by atoms with Gasteiger partial charge in [-0.25, -0.2) is 0 Å². The highest BCUT2D eigenvalue weighted by atomic mass is 35.5. The van der Waals surface area contributed by atoms with Crippen molar-refractivity contribution in [3.05, 3.63) is 10.1 Å². The molecule has 1 heterocycles. The minimum Gasteiger partial charge on any atom is -0.262 e. The summed E-state index contributed by atoms with van der Waals surface area (Å²) in [5.41, 5.74) is 0. The molecule has 0 amide bonds. The summed E-state index contributed by atoms with van der Waals surface area (Å²) in [7, 11) is 0. The van der Waals surface area contributed by atoms with E-state index in [1.807, 2.05) is 0 Å². The van der Waals surface area contributed by atoms with E-state index in [1.54, 1.807) is 0 Å². The van der Waals surface area contributed by atoms with Gasteiger partial charge in [0, 0.05) is 4.92 Å². The quantitative estimate of drug-likeness (QED) is 0.255. The first-order valence-electron chi connectivity index (χ1n) is 2.56. The maximum atomic E-state index is 10.4. The van der Waals surface area contributed by atoms with Crippen LogP contribution in [-0.2, 0) is 19.7 Å². The highest BCUT2D eigenvalue weighted by molar-refractivity contribution is 7.75. The summed E-state index contributed by atoms with van der Waals surface area (Å²) in [6.07, 6.45) is 0. The van der Waals surface area contributed by atoms with Gasteiger partial charge in [-0.3, -0.25) is 18.5 Å². The fourth-order valence-corrected chi connectivity index (χ4v) is 1.35. The van der Waals surface area contributed by atoms with Crippen LogP contribution in [0.15, 0.2) is 0 Å². The standard InChI is InChI=1S/C3H4ClNO5S/c4-3(5(6)7)1-9-11(8)10-2-3/h1-2H2. The van der Waals surface area contributed by atoms with Crippen LogP contribution >= 0.6 is 11.6 Å². The van der Waals surface area contributed by atoms with E-state index >= 15 is 0 Å².